The molecule has 370 valence electrons. The van der Waals surface area contributed by atoms with Gasteiger partial charge in [-0.2, -0.15) is 0 Å². The lowest BCUT2D eigenvalue weighted by atomic mass is 9.44. The number of ether oxygens (including phenoxy) is 6. The Bertz CT molecular complexity index is 3020. The van der Waals surface area contributed by atoms with E-state index in [1.807, 2.05) is 36.4 Å². The highest BCUT2D eigenvalue weighted by Crippen LogP contribution is 2.68. The Labute approximate surface area is 411 Å². The van der Waals surface area contributed by atoms with Crippen molar-refractivity contribution >= 4 is 34.3 Å². The third-order valence-corrected chi connectivity index (χ3v) is 19.2. The molecule has 14 heteroatoms. The van der Waals surface area contributed by atoms with Crippen LogP contribution in [0.15, 0.2) is 48.5 Å². The summed E-state index contributed by atoms with van der Waals surface area (Å²) in [5.41, 5.74) is 0.792. The molecule has 0 radical (unpaired) electrons. The van der Waals surface area contributed by atoms with E-state index < -0.39 is 46.2 Å². The average molecular weight is 965 g/mol. The molecule has 3 aliphatic heterocycles. The molecule has 3 heterocycles. The Balaban J connectivity index is 0.722. The minimum Gasteiger partial charge on any atom is -0.496 e. The van der Waals surface area contributed by atoms with Crippen LogP contribution in [0.4, 0.5) is 0 Å². The summed E-state index contributed by atoms with van der Waals surface area (Å²) in [5, 5.41) is 30.8. The van der Waals surface area contributed by atoms with Crippen molar-refractivity contribution < 1.29 is 57.8 Å². The Hall–Kier alpha value is -5.54. The number of esters is 2. The van der Waals surface area contributed by atoms with Gasteiger partial charge >= 0.3 is 11.9 Å². The van der Waals surface area contributed by atoms with Crippen molar-refractivity contribution in [3.05, 3.63) is 81.9 Å². The maximum absolute atomic E-state index is 14.0. The molecule has 4 bridgehead atoms. The number of rotatable bonds is 13. The monoisotopic (exact) mass is 964 g/mol. The van der Waals surface area contributed by atoms with Gasteiger partial charge in [0.1, 0.15) is 11.5 Å². The second-order valence-electron chi connectivity index (χ2n) is 22.8. The van der Waals surface area contributed by atoms with Crippen LogP contribution in [0, 0.1) is 17.8 Å². The number of carbonyl (C=O) groups excluding carboxylic acids is 4. The van der Waals surface area contributed by atoms with E-state index in [4.69, 9.17) is 28.4 Å². The van der Waals surface area contributed by atoms with Crippen molar-refractivity contribution in [1.29, 1.82) is 0 Å². The maximum Gasteiger partial charge on any atom is 0.315 e. The Morgan fingerprint density at radius 3 is 1.80 bits per heavy atom. The second kappa shape index (κ2) is 15.5. The number of ketones is 2. The van der Waals surface area contributed by atoms with Crippen LogP contribution in [0.2, 0.25) is 0 Å². The fraction of sp³-hybridized carbons (Fsp3) is 0.544. The van der Waals surface area contributed by atoms with Gasteiger partial charge in [0.2, 0.25) is 0 Å². The number of nitrogens with one attached hydrogen (secondary N) is 1. The summed E-state index contributed by atoms with van der Waals surface area (Å²) in [6, 6.07) is 14.8. The highest BCUT2D eigenvalue weighted by molar-refractivity contribution is 5.93. The first-order valence-electron chi connectivity index (χ1n) is 26.1. The number of Topliss-reactive ketones (excluding diaryl/α,β-unsaturated/α-hetero) is 2. The summed E-state index contributed by atoms with van der Waals surface area (Å²) in [6.07, 6.45) is 7.50. The number of likely N-dealkylation sites (tertiary alicyclic amines) is 1. The van der Waals surface area contributed by atoms with Gasteiger partial charge in [-0.05, 0) is 154 Å². The molecule has 14 nitrogen and oxygen atoms in total. The summed E-state index contributed by atoms with van der Waals surface area (Å²) in [7, 11) is 3.07. The van der Waals surface area contributed by atoms with Gasteiger partial charge in [-0.25, -0.2) is 0 Å². The fourth-order valence-corrected chi connectivity index (χ4v) is 15.6. The molecule has 0 aromatic heterocycles. The summed E-state index contributed by atoms with van der Waals surface area (Å²) < 4.78 is 37.0. The molecule has 14 rings (SSSR count). The minimum atomic E-state index is -1.13. The predicted octanol–water partition coefficient (Wildman–Crippen LogP) is 5.71. The van der Waals surface area contributed by atoms with Crippen LogP contribution in [-0.4, -0.2) is 108 Å². The smallest absolute Gasteiger partial charge is 0.315 e. The molecular weight excluding hydrogens is 905 g/mol. The zero-order chi connectivity index (χ0) is 48.3. The standard InChI is InChI=1S/C57H60N2O12/c1-66-43-22-34-23-44(67-2)36(26-47(63)69-42-10-8-32-24-45-57(65)16-13-40(61)53-55(57,49(32)51(42)71-53)17-18-59(45)28-30-5-6-30)20-33(34)19-35(43)25-46(62)68-41-9-7-31-21-37-38(58-27-29-3-4-29)11-14-54-48(31)50(41)70-52(54)39(60)12-15-56(37,54)64/h7-10,19-20,22-23,29-30,37-38,45,52-53,58,64-65H,3-6,11-18,21,24-28H2,1-2H3/t37-,38?,45+,52-,53-,54-,55-,56+,57+/m0/s1. The number of hydrogen-bond donors (Lipinski definition) is 3. The normalized spacial score (nSPS) is 33.4. The van der Waals surface area contributed by atoms with Gasteiger partial charge in [0, 0.05) is 59.6 Å². The Morgan fingerprint density at radius 1 is 0.676 bits per heavy atom. The van der Waals surface area contributed by atoms with Gasteiger partial charge in [0.25, 0.3) is 0 Å². The zero-order valence-corrected chi connectivity index (χ0v) is 40.3. The molecule has 71 heavy (non-hydrogen) atoms. The molecule has 1 unspecified atom stereocenters. The quantitative estimate of drug-likeness (QED) is 0.110. The van der Waals surface area contributed by atoms with Gasteiger partial charge in [-0.15, -0.1) is 0 Å². The first-order valence-corrected chi connectivity index (χ1v) is 26.1. The van der Waals surface area contributed by atoms with Crippen molar-refractivity contribution in [2.45, 2.75) is 143 Å². The third-order valence-electron chi connectivity index (χ3n) is 19.2. The molecule has 2 spiro atoms. The van der Waals surface area contributed by atoms with Crippen LogP contribution in [-0.2, 0) is 55.7 Å². The summed E-state index contributed by atoms with van der Waals surface area (Å²) in [6.45, 7) is 2.69. The number of benzene rings is 4. The number of piperidine rings is 1. The van der Waals surface area contributed by atoms with Gasteiger partial charge in [0.05, 0.1) is 49.1 Å². The average Bonchev–Trinajstić information content (AvgIpc) is 4.29. The highest BCUT2D eigenvalue weighted by atomic mass is 16.6. The molecule has 9 atom stereocenters. The topological polar surface area (TPSA) is 179 Å². The molecule has 10 aliphatic rings. The number of nitrogens with zero attached hydrogens (tertiary/aromatic N) is 1. The molecular formula is C57H60N2O12. The molecule has 1 saturated heterocycles. The van der Waals surface area contributed by atoms with E-state index in [0.29, 0.717) is 84.5 Å². The molecule has 5 saturated carbocycles. The molecule has 4 aromatic carbocycles. The van der Waals surface area contributed by atoms with Crippen molar-refractivity contribution in [2.24, 2.45) is 17.8 Å². The second-order valence-corrected chi connectivity index (χ2v) is 22.8. The van der Waals surface area contributed by atoms with Gasteiger partial charge in [0.15, 0.2) is 46.8 Å². The Morgan fingerprint density at radius 2 is 1.23 bits per heavy atom. The van der Waals surface area contributed by atoms with E-state index in [1.54, 1.807) is 12.1 Å². The van der Waals surface area contributed by atoms with Crippen LogP contribution in [0.5, 0.6) is 34.5 Å². The SMILES string of the molecule is COc1cc2cc(OC)c(CC(=O)Oc3ccc4c5c3O[C@H]3C(=O)CC[C@@]6(O)[C@@H](C4)N(CC4CC4)CC[C@]536)cc2cc1CC(=O)Oc1ccc2c3c1O[C@H]1C(=O)CC[C@@]4(O)[C@@H](C2)C(NCC2CC2)CC[C@]314. The lowest BCUT2D eigenvalue weighted by Gasteiger charge is -2.62. The molecule has 7 aliphatic carbocycles. The summed E-state index contributed by atoms with van der Waals surface area (Å²) in [5.74, 6) is 2.29. The van der Waals surface area contributed by atoms with E-state index >= 15 is 0 Å². The number of methoxy groups -OCH3 is 2. The van der Waals surface area contributed by atoms with Crippen LogP contribution < -0.4 is 33.7 Å². The molecule has 0 amide bonds. The first kappa shape index (κ1) is 44.2. The summed E-state index contributed by atoms with van der Waals surface area (Å²) >= 11 is 0. The fourth-order valence-electron chi connectivity index (χ4n) is 15.6. The molecule has 6 fully saturated rings. The lowest BCUT2D eigenvalue weighted by Crippen LogP contribution is -2.76. The van der Waals surface area contributed by atoms with Crippen LogP contribution >= 0.6 is 0 Å². The third kappa shape index (κ3) is 6.20. The van der Waals surface area contributed by atoms with E-state index in [9.17, 15) is 29.4 Å². The predicted molar refractivity (Wildman–Crippen MR) is 257 cm³/mol. The van der Waals surface area contributed by atoms with Crippen LogP contribution in [0.3, 0.4) is 0 Å². The largest absolute Gasteiger partial charge is 0.496 e. The van der Waals surface area contributed by atoms with Crippen molar-refractivity contribution in [2.75, 3.05) is 33.9 Å². The maximum atomic E-state index is 14.0. The van der Waals surface area contributed by atoms with Crippen LogP contribution in [0.25, 0.3) is 10.8 Å². The number of hydrogen-bond acceptors (Lipinski definition) is 14. The van der Waals surface area contributed by atoms with Gasteiger partial charge in [-0.1, -0.05) is 12.1 Å². The van der Waals surface area contributed by atoms with Crippen molar-refractivity contribution in [3.63, 3.8) is 0 Å². The summed E-state index contributed by atoms with van der Waals surface area (Å²) in [4.78, 5) is 57.9. The molecule has 4 aromatic rings. The Kier molecular flexibility index (Phi) is 9.64. The van der Waals surface area contributed by atoms with E-state index in [1.165, 1.54) is 39.9 Å². The van der Waals surface area contributed by atoms with E-state index in [0.717, 1.165) is 59.1 Å². The minimum absolute atomic E-state index is 0.0253. The lowest BCUT2D eigenvalue weighted by molar-refractivity contribution is -0.188. The number of fused-ring (bicyclic) bond motifs is 1. The van der Waals surface area contributed by atoms with Gasteiger partial charge in [-0.3, -0.25) is 24.1 Å². The van der Waals surface area contributed by atoms with Crippen LogP contribution in [0.1, 0.15) is 104 Å². The zero-order valence-electron chi connectivity index (χ0n) is 40.3. The van der Waals surface area contributed by atoms with E-state index in [-0.39, 0.29) is 66.8 Å². The van der Waals surface area contributed by atoms with E-state index in [2.05, 4.69) is 10.2 Å². The molecule has 3 N–H and O–H groups in total. The number of carbonyl (C=O) groups is 4. The highest BCUT2D eigenvalue weighted by Gasteiger charge is 2.75. The van der Waals surface area contributed by atoms with Crippen molar-refractivity contribution in [1.82, 2.24) is 10.2 Å². The number of aliphatic hydroxyl groups is 2. The first-order chi connectivity index (χ1) is 34.3. The van der Waals surface area contributed by atoms with Gasteiger partial charge < -0.3 is 44.0 Å². The van der Waals surface area contributed by atoms with Crippen molar-refractivity contribution in [3.8, 4) is 34.5 Å².